The molecule has 0 saturated carbocycles. The molecule has 0 spiro atoms. The van der Waals surface area contributed by atoms with Gasteiger partial charge in [0.05, 0.1) is 25.5 Å². The molecule has 2 atom stereocenters. The molecular weight excluding hydrogens is 306 g/mol. The van der Waals surface area contributed by atoms with Crippen molar-refractivity contribution in [2.24, 2.45) is 13.0 Å². The van der Waals surface area contributed by atoms with E-state index < -0.39 is 0 Å². The fourth-order valence-electron chi connectivity index (χ4n) is 3.76. The predicted molar refractivity (Wildman–Crippen MR) is 88.5 cm³/mol. The van der Waals surface area contributed by atoms with Crippen molar-refractivity contribution >= 4 is 5.91 Å². The maximum Gasteiger partial charge on any atom is 0.270 e. The van der Waals surface area contributed by atoms with E-state index in [0.29, 0.717) is 19.1 Å². The number of amides is 1. The molecule has 0 radical (unpaired) electrons. The fourth-order valence-corrected chi connectivity index (χ4v) is 3.76. The minimum Gasteiger partial charge on any atom is -0.468 e. The van der Waals surface area contributed by atoms with Crippen LogP contribution in [0.15, 0.2) is 41.1 Å². The summed E-state index contributed by atoms with van der Waals surface area (Å²) in [5.74, 6) is 1.42. The normalized spacial score (nSPS) is 24.8. The maximum absolute atomic E-state index is 12.8. The van der Waals surface area contributed by atoms with Crippen molar-refractivity contribution in [3.63, 3.8) is 0 Å². The van der Waals surface area contributed by atoms with Crippen LogP contribution in [0.1, 0.15) is 16.2 Å². The fraction of sp³-hybridized carbons (Fsp3) is 0.500. The Morgan fingerprint density at radius 3 is 2.92 bits per heavy atom. The summed E-state index contributed by atoms with van der Waals surface area (Å²) in [5.41, 5.74) is 0.735. The van der Waals surface area contributed by atoms with Gasteiger partial charge in [0.15, 0.2) is 0 Å². The standard InChI is InChI=1S/C18H23N3O3/c1-19-6-2-5-16(19)18(22)21-7-9-24-17-13-20(10-14(17)11-21)12-15-4-3-8-23-15/h2-6,8,14,17H,7,9-13H2,1H3/t14-,17-/m1/s1. The number of nitrogens with zero attached hydrogens (tertiary/aromatic N) is 3. The molecule has 6 nitrogen and oxygen atoms in total. The molecule has 1 amide bonds. The Morgan fingerprint density at radius 1 is 1.25 bits per heavy atom. The van der Waals surface area contributed by atoms with Crippen molar-refractivity contribution in [3.8, 4) is 0 Å². The van der Waals surface area contributed by atoms with Crippen LogP contribution in [0.25, 0.3) is 0 Å². The molecule has 0 unspecified atom stereocenters. The number of likely N-dealkylation sites (tertiary alicyclic amines) is 1. The first-order chi connectivity index (χ1) is 11.7. The summed E-state index contributed by atoms with van der Waals surface area (Å²) in [7, 11) is 1.91. The number of ether oxygens (including phenoxy) is 1. The van der Waals surface area contributed by atoms with Gasteiger partial charge in [0.2, 0.25) is 0 Å². The third kappa shape index (κ3) is 2.99. The first-order valence-corrected chi connectivity index (χ1v) is 8.47. The van der Waals surface area contributed by atoms with Gasteiger partial charge in [-0.05, 0) is 24.3 Å². The second kappa shape index (κ2) is 6.45. The Hall–Kier alpha value is -2.05. The monoisotopic (exact) mass is 329 g/mol. The summed E-state index contributed by atoms with van der Waals surface area (Å²) in [6.45, 7) is 4.65. The minimum absolute atomic E-state index is 0.0937. The summed E-state index contributed by atoms with van der Waals surface area (Å²) in [4.78, 5) is 17.1. The van der Waals surface area contributed by atoms with Gasteiger partial charge in [-0.2, -0.15) is 0 Å². The average Bonchev–Trinajstić information content (AvgIpc) is 3.27. The van der Waals surface area contributed by atoms with Crippen LogP contribution in [0.3, 0.4) is 0 Å². The van der Waals surface area contributed by atoms with Crippen LogP contribution < -0.4 is 0 Å². The lowest BCUT2D eigenvalue weighted by Crippen LogP contribution is -2.38. The Morgan fingerprint density at radius 2 is 2.17 bits per heavy atom. The van der Waals surface area contributed by atoms with Crippen LogP contribution in [0.4, 0.5) is 0 Å². The highest BCUT2D eigenvalue weighted by molar-refractivity contribution is 5.92. The summed E-state index contributed by atoms with van der Waals surface area (Å²) >= 11 is 0. The van der Waals surface area contributed by atoms with Crippen molar-refractivity contribution in [2.45, 2.75) is 12.6 Å². The van der Waals surface area contributed by atoms with Crippen molar-refractivity contribution in [2.75, 3.05) is 32.8 Å². The van der Waals surface area contributed by atoms with Crippen LogP contribution in [-0.4, -0.2) is 59.2 Å². The molecule has 0 aliphatic carbocycles. The highest BCUT2D eigenvalue weighted by atomic mass is 16.5. The van der Waals surface area contributed by atoms with Gasteiger partial charge < -0.3 is 18.6 Å². The number of fused-ring (bicyclic) bond motifs is 1. The largest absolute Gasteiger partial charge is 0.468 e. The second-order valence-electron chi connectivity index (χ2n) is 6.70. The topological polar surface area (TPSA) is 50.9 Å². The molecule has 128 valence electrons. The predicted octanol–water partition coefficient (Wildman–Crippen LogP) is 1.59. The van der Waals surface area contributed by atoms with Gasteiger partial charge in [0.1, 0.15) is 11.5 Å². The van der Waals surface area contributed by atoms with Gasteiger partial charge in [-0.15, -0.1) is 0 Å². The molecule has 0 bridgehead atoms. The summed E-state index contributed by atoms with van der Waals surface area (Å²) in [6, 6.07) is 7.70. The van der Waals surface area contributed by atoms with E-state index >= 15 is 0 Å². The first-order valence-electron chi connectivity index (χ1n) is 8.47. The molecule has 2 saturated heterocycles. The van der Waals surface area contributed by atoms with Crippen molar-refractivity contribution in [1.82, 2.24) is 14.4 Å². The second-order valence-corrected chi connectivity index (χ2v) is 6.70. The molecule has 0 N–H and O–H groups in total. The van der Waals surface area contributed by atoms with Gasteiger partial charge >= 0.3 is 0 Å². The highest BCUT2D eigenvalue weighted by Gasteiger charge is 2.38. The number of carbonyl (C=O) groups excluding carboxylic acids is 1. The van der Waals surface area contributed by atoms with Crippen LogP contribution in [0.5, 0.6) is 0 Å². The molecular formula is C18H23N3O3. The smallest absolute Gasteiger partial charge is 0.270 e. The molecule has 2 fully saturated rings. The van der Waals surface area contributed by atoms with Crippen LogP contribution in [-0.2, 0) is 18.3 Å². The average molecular weight is 329 g/mol. The number of aromatic nitrogens is 1. The number of hydrogen-bond acceptors (Lipinski definition) is 4. The molecule has 4 rings (SSSR count). The quantitative estimate of drug-likeness (QED) is 0.858. The Labute approximate surface area is 141 Å². The van der Waals surface area contributed by atoms with E-state index in [4.69, 9.17) is 9.15 Å². The minimum atomic E-state index is 0.0937. The van der Waals surface area contributed by atoms with E-state index in [-0.39, 0.29) is 12.0 Å². The van der Waals surface area contributed by atoms with E-state index in [1.54, 1.807) is 6.26 Å². The van der Waals surface area contributed by atoms with E-state index in [1.807, 2.05) is 47.0 Å². The van der Waals surface area contributed by atoms with Gasteiger partial charge in [-0.1, -0.05) is 0 Å². The van der Waals surface area contributed by atoms with Crippen molar-refractivity contribution < 1.29 is 13.9 Å². The van der Waals surface area contributed by atoms with Gasteiger partial charge in [-0.25, -0.2) is 0 Å². The molecule has 2 aliphatic rings. The first kappa shape index (κ1) is 15.5. The molecule has 2 aliphatic heterocycles. The van der Waals surface area contributed by atoms with E-state index in [2.05, 4.69) is 4.90 Å². The molecule has 2 aromatic heterocycles. The van der Waals surface area contributed by atoms with Crippen LogP contribution in [0.2, 0.25) is 0 Å². The third-order valence-electron chi connectivity index (χ3n) is 5.01. The zero-order valence-corrected chi connectivity index (χ0v) is 13.9. The number of carbonyl (C=O) groups is 1. The van der Waals surface area contributed by atoms with Gasteiger partial charge in [0.25, 0.3) is 5.91 Å². The Balaban J connectivity index is 1.43. The lowest BCUT2D eigenvalue weighted by atomic mass is 10.1. The molecule has 24 heavy (non-hydrogen) atoms. The number of rotatable bonds is 3. The van der Waals surface area contributed by atoms with Crippen molar-refractivity contribution in [1.29, 1.82) is 0 Å². The maximum atomic E-state index is 12.8. The summed E-state index contributed by atoms with van der Waals surface area (Å²) in [5, 5.41) is 0. The molecule has 2 aromatic rings. The number of furan rings is 1. The molecule has 0 aromatic carbocycles. The van der Waals surface area contributed by atoms with E-state index in [0.717, 1.165) is 37.6 Å². The highest BCUT2D eigenvalue weighted by Crippen LogP contribution is 2.25. The lowest BCUT2D eigenvalue weighted by Gasteiger charge is -2.23. The van der Waals surface area contributed by atoms with E-state index in [1.165, 1.54) is 0 Å². The third-order valence-corrected chi connectivity index (χ3v) is 5.01. The lowest BCUT2D eigenvalue weighted by molar-refractivity contribution is 0.0497. The summed E-state index contributed by atoms with van der Waals surface area (Å²) < 4.78 is 13.4. The zero-order valence-electron chi connectivity index (χ0n) is 13.9. The SMILES string of the molecule is Cn1cccc1C(=O)N1CCO[C@@H]2CN(Cc3ccco3)C[C@@H]2C1. The molecule has 4 heterocycles. The summed E-state index contributed by atoms with van der Waals surface area (Å²) in [6.07, 6.45) is 3.82. The Bertz CT molecular complexity index is 694. The Kier molecular flexibility index (Phi) is 4.16. The van der Waals surface area contributed by atoms with E-state index in [9.17, 15) is 4.79 Å². The van der Waals surface area contributed by atoms with Crippen molar-refractivity contribution in [3.05, 3.63) is 48.2 Å². The molecule has 6 heteroatoms. The van der Waals surface area contributed by atoms with Crippen LogP contribution >= 0.6 is 0 Å². The van der Waals surface area contributed by atoms with Crippen LogP contribution in [0, 0.1) is 5.92 Å². The van der Waals surface area contributed by atoms with Gasteiger partial charge in [0, 0.05) is 45.3 Å². The number of aryl methyl sites for hydroxylation is 1. The van der Waals surface area contributed by atoms with Gasteiger partial charge in [-0.3, -0.25) is 9.69 Å². The number of hydrogen-bond donors (Lipinski definition) is 0. The zero-order chi connectivity index (χ0) is 16.5.